The Morgan fingerprint density at radius 2 is 2.17 bits per heavy atom. The van der Waals surface area contributed by atoms with E-state index in [0.717, 1.165) is 19.4 Å². The molecule has 1 atom stereocenters. The first-order valence-electron chi connectivity index (χ1n) is 7.66. The predicted octanol–water partition coefficient (Wildman–Crippen LogP) is 3.46. The smallest absolute Gasteiger partial charge is 0.339 e. The number of aryl methyl sites for hydroxylation is 1. The van der Waals surface area contributed by atoms with E-state index in [1.54, 1.807) is 25.2 Å². The number of hydrogen-bond donors (Lipinski definition) is 1. The van der Waals surface area contributed by atoms with Gasteiger partial charge in [0.1, 0.15) is 5.69 Å². The van der Waals surface area contributed by atoms with Crippen molar-refractivity contribution in [2.45, 2.75) is 32.7 Å². The van der Waals surface area contributed by atoms with Crippen LogP contribution in [0.25, 0.3) is 0 Å². The van der Waals surface area contributed by atoms with Gasteiger partial charge in [-0.3, -0.25) is 4.79 Å². The van der Waals surface area contributed by atoms with Crippen LogP contribution >= 0.6 is 11.3 Å². The molecule has 0 spiro atoms. The summed E-state index contributed by atoms with van der Waals surface area (Å²) in [6.45, 7) is 4.32. The van der Waals surface area contributed by atoms with Crippen molar-refractivity contribution in [1.29, 1.82) is 0 Å². The summed E-state index contributed by atoms with van der Waals surface area (Å²) in [4.78, 5) is 31.1. The Hall–Kier alpha value is -2.08. The van der Waals surface area contributed by atoms with Crippen LogP contribution in [0, 0.1) is 13.8 Å². The van der Waals surface area contributed by atoms with E-state index in [4.69, 9.17) is 4.74 Å². The highest BCUT2D eigenvalue weighted by atomic mass is 32.1. The lowest BCUT2D eigenvalue weighted by Gasteiger charge is -2.23. The van der Waals surface area contributed by atoms with E-state index in [9.17, 15) is 9.59 Å². The Balaban J connectivity index is 1.93. The molecule has 1 amide bonds. The fraction of sp³-hybridized carbons (Fsp3) is 0.412. The molecule has 1 aliphatic rings. The van der Waals surface area contributed by atoms with Crippen molar-refractivity contribution in [3.63, 3.8) is 0 Å². The van der Waals surface area contributed by atoms with E-state index in [2.05, 4.69) is 11.1 Å². The first kappa shape index (κ1) is 15.8. The molecule has 0 saturated carbocycles. The van der Waals surface area contributed by atoms with Gasteiger partial charge in [0, 0.05) is 17.1 Å². The Labute approximate surface area is 139 Å². The summed E-state index contributed by atoms with van der Waals surface area (Å²) in [5, 5.41) is 2.04. The second kappa shape index (κ2) is 6.20. The van der Waals surface area contributed by atoms with Crippen LogP contribution in [0.2, 0.25) is 0 Å². The van der Waals surface area contributed by atoms with E-state index in [-0.39, 0.29) is 11.9 Å². The molecular formula is C17H20N2O3S. The van der Waals surface area contributed by atoms with Gasteiger partial charge in [-0.2, -0.15) is 0 Å². The van der Waals surface area contributed by atoms with Crippen LogP contribution in [0.15, 0.2) is 17.5 Å². The van der Waals surface area contributed by atoms with Gasteiger partial charge >= 0.3 is 5.97 Å². The summed E-state index contributed by atoms with van der Waals surface area (Å²) in [6.07, 6.45) is 1.98. The zero-order valence-corrected chi connectivity index (χ0v) is 14.3. The molecule has 1 fully saturated rings. The number of aromatic amines is 1. The molecule has 1 aliphatic heterocycles. The number of hydrogen-bond acceptors (Lipinski definition) is 4. The second-order valence-corrected chi connectivity index (χ2v) is 6.77. The molecular weight excluding hydrogens is 312 g/mol. The van der Waals surface area contributed by atoms with E-state index in [0.29, 0.717) is 22.5 Å². The SMILES string of the molecule is COC(=O)c1c(C)[nH]c(C(=O)N2CCC[C@@H]2c2cccs2)c1C. The fourth-order valence-electron chi connectivity index (χ4n) is 3.30. The zero-order valence-electron chi connectivity index (χ0n) is 13.5. The first-order chi connectivity index (χ1) is 11.0. The molecule has 2 aromatic rings. The molecule has 122 valence electrons. The molecule has 2 aromatic heterocycles. The number of esters is 1. The molecule has 0 aromatic carbocycles. The lowest BCUT2D eigenvalue weighted by molar-refractivity contribution is 0.0599. The Bertz CT molecular complexity index is 733. The van der Waals surface area contributed by atoms with Crippen LogP contribution in [0.3, 0.4) is 0 Å². The molecule has 5 nitrogen and oxygen atoms in total. The quantitative estimate of drug-likeness (QED) is 0.876. The van der Waals surface area contributed by atoms with E-state index >= 15 is 0 Å². The minimum atomic E-state index is -0.411. The first-order valence-corrected chi connectivity index (χ1v) is 8.54. The average molecular weight is 332 g/mol. The molecule has 1 N–H and O–H groups in total. The molecule has 3 heterocycles. The lowest BCUT2D eigenvalue weighted by atomic mass is 10.1. The number of carbonyl (C=O) groups excluding carboxylic acids is 2. The number of nitrogens with zero attached hydrogens (tertiary/aromatic N) is 1. The molecule has 6 heteroatoms. The van der Waals surface area contributed by atoms with Crippen LogP contribution in [-0.2, 0) is 4.74 Å². The van der Waals surface area contributed by atoms with E-state index in [1.807, 2.05) is 16.3 Å². The number of rotatable bonds is 3. The minimum absolute atomic E-state index is 0.0448. The van der Waals surface area contributed by atoms with Crippen molar-refractivity contribution in [3.8, 4) is 0 Å². The van der Waals surface area contributed by atoms with Gasteiger partial charge in [0.2, 0.25) is 0 Å². The number of thiophene rings is 1. The molecule has 23 heavy (non-hydrogen) atoms. The van der Waals surface area contributed by atoms with Crippen molar-refractivity contribution in [3.05, 3.63) is 44.9 Å². The maximum absolute atomic E-state index is 13.0. The summed E-state index contributed by atoms with van der Waals surface area (Å²) >= 11 is 1.68. The van der Waals surface area contributed by atoms with Gasteiger partial charge in [-0.1, -0.05) is 6.07 Å². The predicted molar refractivity (Wildman–Crippen MR) is 88.9 cm³/mol. The van der Waals surface area contributed by atoms with Gasteiger partial charge in [0.25, 0.3) is 5.91 Å². The van der Waals surface area contributed by atoms with Gasteiger partial charge in [-0.15, -0.1) is 11.3 Å². The maximum Gasteiger partial charge on any atom is 0.339 e. The normalized spacial score (nSPS) is 17.5. The monoisotopic (exact) mass is 332 g/mol. The molecule has 0 aliphatic carbocycles. The van der Waals surface area contributed by atoms with Gasteiger partial charge in [-0.05, 0) is 43.7 Å². The van der Waals surface area contributed by atoms with Crippen LogP contribution in [0.1, 0.15) is 55.9 Å². The highest BCUT2D eigenvalue weighted by molar-refractivity contribution is 7.10. The van der Waals surface area contributed by atoms with Gasteiger partial charge in [0.15, 0.2) is 0 Å². The number of carbonyl (C=O) groups is 2. The van der Waals surface area contributed by atoms with E-state index in [1.165, 1.54) is 12.0 Å². The third-order valence-electron chi connectivity index (χ3n) is 4.43. The van der Waals surface area contributed by atoms with Crippen molar-refractivity contribution in [2.24, 2.45) is 0 Å². The largest absolute Gasteiger partial charge is 0.465 e. The maximum atomic E-state index is 13.0. The zero-order chi connectivity index (χ0) is 16.6. The number of nitrogens with one attached hydrogen (secondary N) is 1. The van der Waals surface area contributed by atoms with Crippen molar-refractivity contribution in [1.82, 2.24) is 9.88 Å². The van der Waals surface area contributed by atoms with Gasteiger partial charge in [0.05, 0.1) is 18.7 Å². The number of amides is 1. The Morgan fingerprint density at radius 3 is 2.83 bits per heavy atom. The van der Waals surface area contributed by atoms with Crippen molar-refractivity contribution in [2.75, 3.05) is 13.7 Å². The van der Waals surface area contributed by atoms with E-state index < -0.39 is 5.97 Å². The minimum Gasteiger partial charge on any atom is -0.465 e. The van der Waals surface area contributed by atoms with Crippen LogP contribution in [-0.4, -0.2) is 35.4 Å². The number of H-pyrrole nitrogens is 1. The summed E-state index contributed by atoms with van der Waals surface area (Å²) in [5.41, 5.74) is 2.29. The molecule has 1 saturated heterocycles. The average Bonchev–Trinajstić information content (AvgIpc) is 3.25. The molecule has 0 radical (unpaired) electrons. The van der Waals surface area contributed by atoms with Crippen molar-refractivity contribution >= 4 is 23.2 Å². The Morgan fingerprint density at radius 1 is 1.39 bits per heavy atom. The molecule has 0 bridgehead atoms. The number of ether oxygens (including phenoxy) is 1. The number of methoxy groups -OCH3 is 1. The standard InChI is InChI=1S/C17H20N2O3S/c1-10-14(17(21)22-3)11(2)18-15(10)16(20)19-8-4-6-12(19)13-7-5-9-23-13/h5,7,9,12,18H,4,6,8H2,1-3H3/t12-/m1/s1. The van der Waals surface area contributed by atoms with Crippen LogP contribution in [0.4, 0.5) is 0 Å². The topological polar surface area (TPSA) is 62.4 Å². The summed E-state index contributed by atoms with van der Waals surface area (Å²) in [6, 6.07) is 4.22. The Kier molecular flexibility index (Phi) is 4.26. The third kappa shape index (κ3) is 2.67. The van der Waals surface area contributed by atoms with Crippen molar-refractivity contribution < 1.29 is 14.3 Å². The number of aromatic nitrogens is 1. The summed E-state index contributed by atoms with van der Waals surface area (Å²) < 4.78 is 4.81. The highest BCUT2D eigenvalue weighted by Gasteiger charge is 2.33. The van der Waals surface area contributed by atoms with Gasteiger partial charge in [-0.25, -0.2) is 4.79 Å². The molecule has 0 unspecified atom stereocenters. The lowest BCUT2D eigenvalue weighted by Crippen LogP contribution is -2.31. The fourth-order valence-corrected chi connectivity index (χ4v) is 4.18. The third-order valence-corrected chi connectivity index (χ3v) is 5.40. The number of likely N-dealkylation sites (tertiary alicyclic amines) is 1. The van der Waals surface area contributed by atoms with Crippen LogP contribution < -0.4 is 0 Å². The summed E-state index contributed by atoms with van der Waals surface area (Å²) in [5.74, 6) is -0.455. The second-order valence-electron chi connectivity index (χ2n) is 5.79. The summed E-state index contributed by atoms with van der Waals surface area (Å²) in [7, 11) is 1.35. The highest BCUT2D eigenvalue weighted by Crippen LogP contribution is 2.36. The molecule has 3 rings (SSSR count). The van der Waals surface area contributed by atoms with Crippen LogP contribution in [0.5, 0.6) is 0 Å². The van der Waals surface area contributed by atoms with Gasteiger partial charge < -0.3 is 14.6 Å².